The molecule has 1 aliphatic heterocycles. The number of carbonyl (C=O) groups is 1. The maximum atomic E-state index is 13.1. The minimum absolute atomic E-state index is 0.180. The van der Waals surface area contributed by atoms with E-state index in [4.69, 9.17) is 5.11 Å². The highest BCUT2D eigenvalue weighted by Gasteiger charge is 2.24. The van der Waals surface area contributed by atoms with E-state index in [1.54, 1.807) is 12.1 Å². The normalized spacial score (nSPS) is 20.2. The molecule has 4 heteroatoms. The Hall–Kier alpha value is -1.42. The van der Waals surface area contributed by atoms with E-state index in [2.05, 4.69) is 4.90 Å². The molecule has 0 bridgehead atoms. The molecule has 0 radical (unpaired) electrons. The fourth-order valence-corrected chi connectivity index (χ4v) is 2.60. The Morgan fingerprint density at radius 2 is 2.33 bits per heavy atom. The Bertz CT molecular complexity index is 422. The lowest BCUT2D eigenvalue weighted by molar-refractivity contribution is -0.137. The smallest absolute Gasteiger partial charge is 0.304 e. The van der Waals surface area contributed by atoms with Crippen molar-refractivity contribution in [3.8, 4) is 0 Å². The van der Waals surface area contributed by atoms with E-state index in [9.17, 15) is 9.18 Å². The number of rotatable bonds is 5. The van der Waals surface area contributed by atoms with Crippen molar-refractivity contribution in [2.45, 2.75) is 31.7 Å². The molecule has 1 aromatic carbocycles. The molecule has 1 aromatic rings. The monoisotopic (exact) mass is 251 g/mol. The fraction of sp³-hybridized carbons (Fsp3) is 0.500. The van der Waals surface area contributed by atoms with Gasteiger partial charge in [0.25, 0.3) is 0 Å². The van der Waals surface area contributed by atoms with Gasteiger partial charge in [-0.05, 0) is 43.5 Å². The van der Waals surface area contributed by atoms with Crippen LogP contribution in [0.25, 0.3) is 0 Å². The van der Waals surface area contributed by atoms with Crippen molar-refractivity contribution in [1.29, 1.82) is 0 Å². The molecule has 1 aliphatic rings. The van der Waals surface area contributed by atoms with Crippen LogP contribution >= 0.6 is 0 Å². The molecule has 0 spiro atoms. The van der Waals surface area contributed by atoms with Crippen LogP contribution in [-0.2, 0) is 11.2 Å². The summed E-state index contributed by atoms with van der Waals surface area (Å²) in [6.07, 6.45) is 3.15. The fourth-order valence-electron chi connectivity index (χ4n) is 2.60. The number of likely N-dealkylation sites (tertiary alicyclic amines) is 1. The molecular weight excluding hydrogens is 233 g/mol. The van der Waals surface area contributed by atoms with Crippen molar-refractivity contribution >= 4 is 5.97 Å². The van der Waals surface area contributed by atoms with E-state index in [-0.39, 0.29) is 12.2 Å². The zero-order valence-electron chi connectivity index (χ0n) is 10.3. The van der Waals surface area contributed by atoms with Crippen LogP contribution < -0.4 is 0 Å². The molecule has 98 valence electrons. The third kappa shape index (κ3) is 3.53. The van der Waals surface area contributed by atoms with E-state index in [0.29, 0.717) is 12.6 Å². The van der Waals surface area contributed by atoms with Gasteiger partial charge < -0.3 is 5.11 Å². The van der Waals surface area contributed by atoms with Crippen LogP contribution in [0.2, 0.25) is 0 Å². The highest BCUT2D eigenvalue weighted by molar-refractivity contribution is 5.66. The minimum atomic E-state index is -0.758. The molecule has 0 saturated carbocycles. The van der Waals surface area contributed by atoms with Crippen LogP contribution in [0, 0.1) is 5.82 Å². The van der Waals surface area contributed by atoms with Crippen LogP contribution in [0.15, 0.2) is 24.3 Å². The van der Waals surface area contributed by atoms with E-state index in [0.717, 1.165) is 31.4 Å². The molecule has 0 aromatic heterocycles. The first-order chi connectivity index (χ1) is 8.65. The summed E-state index contributed by atoms with van der Waals surface area (Å²) in [5.74, 6) is -0.964. The average molecular weight is 251 g/mol. The SMILES string of the molecule is O=C(O)CCN1CCCC1Cc1cccc(F)c1. The second kappa shape index (κ2) is 5.96. The maximum Gasteiger partial charge on any atom is 0.304 e. The summed E-state index contributed by atoms with van der Waals surface area (Å²) in [4.78, 5) is 12.8. The van der Waals surface area contributed by atoms with Gasteiger partial charge in [0.2, 0.25) is 0 Å². The number of hydrogen-bond acceptors (Lipinski definition) is 2. The molecule has 1 saturated heterocycles. The predicted molar refractivity (Wildman–Crippen MR) is 67.0 cm³/mol. The largest absolute Gasteiger partial charge is 0.481 e. The van der Waals surface area contributed by atoms with E-state index >= 15 is 0 Å². The Morgan fingerprint density at radius 3 is 3.06 bits per heavy atom. The van der Waals surface area contributed by atoms with Gasteiger partial charge in [-0.25, -0.2) is 4.39 Å². The molecule has 18 heavy (non-hydrogen) atoms. The third-order valence-electron chi connectivity index (χ3n) is 3.47. The number of hydrogen-bond donors (Lipinski definition) is 1. The zero-order valence-corrected chi connectivity index (χ0v) is 10.3. The van der Waals surface area contributed by atoms with Crippen molar-refractivity contribution < 1.29 is 14.3 Å². The molecule has 3 nitrogen and oxygen atoms in total. The first kappa shape index (κ1) is 13.0. The van der Waals surface area contributed by atoms with Crippen LogP contribution in [-0.4, -0.2) is 35.1 Å². The molecule has 1 heterocycles. The first-order valence-corrected chi connectivity index (χ1v) is 6.35. The Labute approximate surface area is 106 Å². The average Bonchev–Trinajstić information content (AvgIpc) is 2.74. The van der Waals surface area contributed by atoms with Crippen LogP contribution in [0.4, 0.5) is 4.39 Å². The van der Waals surface area contributed by atoms with Gasteiger partial charge in [-0.2, -0.15) is 0 Å². The molecule has 1 unspecified atom stereocenters. The van der Waals surface area contributed by atoms with Crippen molar-refractivity contribution in [1.82, 2.24) is 4.90 Å². The van der Waals surface area contributed by atoms with E-state index in [1.807, 2.05) is 6.07 Å². The number of halogens is 1. The molecule has 2 rings (SSSR count). The summed E-state index contributed by atoms with van der Waals surface area (Å²) in [5.41, 5.74) is 0.988. The number of carboxylic acid groups (broad SMARTS) is 1. The van der Waals surface area contributed by atoms with Crippen molar-refractivity contribution in [2.24, 2.45) is 0 Å². The summed E-state index contributed by atoms with van der Waals surface area (Å²) in [6.45, 7) is 1.54. The molecule has 1 atom stereocenters. The van der Waals surface area contributed by atoms with Crippen molar-refractivity contribution in [3.63, 3.8) is 0 Å². The molecule has 0 aliphatic carbocycles. The summed E-state index contributed by atoms with van der Waals surface area (Å²) >= 11 is 0. The summed E-state index contributed by atoms with van der Waals surface area (Å²) < 4.78 is 13.1. The maximum absolute atomic E-state index is 13.1. The second-order valence-electron chi connectivity index (χ2n) is 4.81. The van der Waals surface area contributed by atoms with E-state index in [1.165, 1.54) is 6.07 Å². The number of benzene rings is 1. The van der Waals surface area contributed by atoms with Gasteiger partial charge in [0.15, 0.2) is 0 Å². The van der Waals surface area contributed by atoms with Gasteiger partial charge in [0.1, 0.15) is 5.82 Å². The zero-order chi connectivity index (χ0) is 13.0. The Kier molecular flexibility index (Phi) is 4.31. The second-order valence-corrected chi connectivity index (χ2v) is 4.81. The standard InChI is InChI=1S/C14H18FNO2/c15-12-4-1-3-11(9-12)10-13-5-2-7-16(13)8-6-14(17)18/h1,3-4,9,13H,2,5-8,10H2,(H,17,18). The first-order valence-electron chi connectivity index (χ1n) is 6.35. The van der Waals surface area contributed by atoms with Crippen LogP contribution in [0.3, 0.4) is 0 Å². The van der Waals surface area contributed by atoms with Crippen LogP contribution in [0.1, 0.15) is 24.8 Å². The van der Waals surface area contributed by atoms with Gasteiger partial charge in [0, 0.05) is 12.6 Å². The molecule has 1 N–H and O–H groups in total. The minimum Gasteiger partial charge on any atom is -0.481 e. The van der Waals surface area contributed by atoms with Crippen LogP contribution in [0.5, 0.6) is 0 Å². The third-order valence-corrected chi connectivity index (χ3v) is 3.47. The lowest BCUT2D eigenvalue weighted by Gasteiger charge is -2.23. The quantitative estimate of drug-likeness (QED) is 0.873. The number of carboxylic acids is 1. The van der Waals surface area contributed by atoms with Crippen molar-refractivity contribution in [2.75, 3.05) is 13.1 Å². The van der Waals surface area contributed by atoms with Gasteiger partial charge >= 0.3 is 5.97 Å². The van der Waals surface area contributed by atoms with Gasteiger partial charge in [-0.15, -0.1) is 0 Å². The Morgan fingerprint density at radius 1 is 1.50 bits per heavy atom. The summed E-state index contributed by atoms with van der Waals surface area (Å²) in [7, 11) is 0. The molecule has 1 fully saturated rings. The molecule has 0 amide bonds. The highest BCUT2D eigenvalue weighted by atomic mass is 19.1. The van der Waals surface area contributed by atoms with Gasteiger partial charge in [-0.1, -0.05) is 12.1 Å². The summed E-state index contributed by atoms with van der Waals surface area (Å²) in [6, 6.07) is 7.01. The number of aliphatic carboxylic acids is 1. The van der Waals surface area contributed by atoms with Gasteiger partial charge in [-0.3, -0.25) is 9.69 Å². The lowest BCUT2D eigenvalue weighted by atomic mass is 10.0. The Balaban J connectivity index is 1.93. The molecular formula is C14H18FNO2. The lowest BCUT2D eigenvalue weighted by Crippen LogP contribution is -2.33. The van der Waals surface area contributed by atoms with Gasteiger partial charge in [0.05, 0.1) is 6.42 Å². The van der Waals surface area contributed by atoms with Crippen molar-refractivity contribution in [3.05, 3.63) is 35.6 Å². The van der Waals surface area contributed by atoms with E-state index < -0.39 is 5.97 Å². The highest BCUT2D eigenvalue weighted by Crippen LogP contribution is 2.21. The number of nitrogens with zero attached hydrogens (tertiary/aromatic N) is 1. The predicted octanol–water partition coefficient (Wildman–Crippen LogP) is 2.31. The topological polar surface area (TPSA) is 40.5 Å². The summed E-state index contributed by atoms with van der Waals surface area (Å²) in [5, 5.41) is 8.71.